The number of fused-ring (bicyclic) bond motifs is 1. The van der Waals surface area contributed by atoms with Gasteiger partial charge >= 0.3 is 5.97 Å². The number of hydrogen-bond acceptors (Lipinski definition) is 4. The normalized spacial score (nSPS) is 13.5. The fraction of sp³-hybridized carbons (Fsp3) is 0.500. The first kappa shape index (κ1) is 16.6. The van der Waals surface area contributed by atoms with Crippen LogP contribution in [-0.2, 0) is 9.59 Å². The summed E-state index contributed by atoms with van der Waals surface area (Å²) < 4.78 is 5.15. The third-order valence-electron chi connectivity index (χ3n) is 3.49. The molecule has 1 aliphatic heterocycles. The highest BCUT2D eigenvalue weighted by Gasteiger charge is 2.25. The summed E-state index contributed by atoms with van der Waals surface area (Å²) in [5.74, 6) is -0.0286. The number of halogens is 1. The molecule has 0 saturated carbocycles. The molecule has 2 rings (SSSR count). The first-order valence-corrected chi connectivity index (χ1v) is 8.00. The van der Waals surface area contributed by atoms with Gasteiger partial charge < -0.3 is 15.0 Å². The van der Waals surface area contributed by atoms with E-state index in [9.17, 15) is 9.59 Å². The van der Waals surface area contributed by atoms with Crippen LogP contribution in [0.3, 0.4) is 0 Å². The molecule has 0 aliphatic carbocycles. The molecule has 6 heteroatoms. The Morgan fingerprint density at radius 1 is 1.36 bits per heavy atom. The molecule has 1 heterocycles. The highest BCUT2D eigenvalue weighted by Crippen LogP contribution is 2.34. The van der Waals surface area contributed by atoms with Gasteiger partial charge in [0.15, 0.2) is 5.75 Å². The van der Waals surface area contributed by atoms with Gasteiger partial charge in [0.05, 0.1) is 12.2 Å². The third kappa shape index (κ3) is 4.63. The van der Waals surface area contributed by atoms with Crippen molar-refractivity contribution in [2.45, 2.75) is 32.6 Å². The summed E-state index contributed by atoms with van der Waals surface area (Å²) in [6, 6.07) is 5.01. The van der Waals surface area contributed by atoms with E-state index in [1.807, 2.05) is 0 Å². The van der Waals surface area contributed by atoms with Gasteiger partial charge in [-0.2, -0.15) is 0 Å². The molecule has 120 valence electrons. The van der Waals surface area contributed by atoms with E-state index < -0.39 is 0 Å². The predicted molar refractivity (Wildman–Crippen MR) is 86.5 cm³/mol. The lowest BCUT2D eigenvalue weighted by Crippen LogP contribution is -2.43. The molecule has 0 fully saturated rings. The first-order valence-electron chi connectivity index (χ1n) is 7.62. The van der Waals surface area contributed by atoms with Crippen LogP contribution in [-0.4, -0.2) is 31.5 Å². The number of carbonyl (C=O) groups excluding carboxylic acids is 2. The number of carbonyl (C=O) groups is 2. The first-order chi connectivity index (χ1) is 10.6. The van der Waals surface area contributed by atoms with Gasteiger partial charge in [0.25, 0.3) is 0 Å². The monoisotopic (exact) mass is 324 g/mol. The Kier molecular flexibility index (Phi) is 6.07. The van der Waals surface area contributed by atoms with Crippen molar-refractivity contribution >= 4 is 29.2 Å². The summed E-state index contributed by atoms with van der Waals surface area (Å²) in [5, 5.41) is 3.43. The van der Waals surface area contributed by atoms with E-state index in [-0.39, 0.29) is 25.0 Å². The van der Waals surface area contributed by atoms with Crippen molar-refractivity contribution in [2.75, 3.05) is 24.5 Å². The van der Waals surface area contributed by atoms with Gasteiger partial charge in [-0.3, -0.25) is 4.79 Å². The van der Waals surface area contributed by atoms with Gasteiger partial charge in [0.2, 0.25) is 5.91 Å². The van der Waals surface area contributed by atoms with Crippen LogP contribution in [0.4, 0.5) is 5.69 Å². The predicted octanol–water partition coefficient (Wildman–Crippen LogP) is 2.76. The summed E-state index contributed by atoms with van der Waals surface area (Å²) in [6.07, 6.45) is 4.44. The number of esters is 1. The van der Waals surface area contributed by atoms with Crippen LogP contribution in [0.25, 0.3) is 0 Å². The van der Waals surface area contributed by atoms with Crippen molar-refractivity contribution in [3.63, 3.8) is 0 Å². The number of benzene rings is 1. The van der Waals surface area contributed by atoms with Crippen molar-refractivity contribution < 1.29 is 14.3 Å². The number of nitrogens with zero attached hydrogens (tertiary/aromatic N) is 1. The highest BCUT2D eigenvalue weighted by molar-refractivity contribution is 6.31. The SMILES string of the molecule is CCCCCCNC(=O)CN1CC(=O)Oc2ccc(Cl)cc21. The van der Waals surface area contributed by atoms with Gasteiger partial charge in [-0.05, 0) is 24.6 Å². The number of ether oxygens (including phenoxy) is 1. The van der Waals surface area contributed by atoms with Crippen molar-refractivity contribution in [3.8, 4) is 5.75 Å². The molecule has 1 amide bonds. The van der Waals surface area contributed by atoms with Crippen LogP contribution >= 0.6 is 11.6 Å². The standard InChI is InChI=1S/C16H21ClN2O3/c1-2-3-4-5-8-18-15(20)10-19-11-16(21)22-14-7-6-12(17)9-13(14)19/h6-7,9H,2-5,8,10-11H2,1H3,(H,18,20). The summed E-state index contributed by atoms with van der Waals surface area (Å²) in [5.41, 5.74) is 0.674. The second-order valence-electron chi connectivity index (χ2n) is 5.35. The van der Waals surface area contributed by atoms with Gasteiger partial charge in [-0.25, -0.2) is 4.79 Å². The Morgan fingerprint density at radius 2 is 2.18 bits per heavy atom. The van der Waals surface area contributed by atoms with E-state index in [4.69, 9.17) is 16.3 Å². The van der Waals surface area contributed by atoms with Gasteiger partial charge in [-0.1, -0.05) is 37.8 Å². The second kappa shape index (κ2) is 8.03. The van der Waals surface area contributed by atoms with Gasteiger partial charge in [0, 0.05) is 11.6 Å². The molecule has 1 aromatic rings. The van der Waals surface area contributed by atoms with E-state index in [0.29, 0.717) is 23.0 Å². The zero-order valence-electron chi connectivity index (χ0n) is 12.7. The number of amides is 1. The van der Waals surface area contributed by atoms with Crippen LogP contribution in [0, 0.1) is 0 Å². The maximum atomic E-state index is 12.0. The van der Waals surface area contributed by atoms with Crippen LogP contribution in [0.2, 0.25) is 5.02 Å². The molecule has 0 spiro atoms. The maximum absolute atomic E-state index is 12.0. The van der Waals surface area contributed by atoms with Crippen molar-refractivity contribution in [2.24, 2.45) is 0 Å². The van der Waals surface area contributed by atoms with E-state index in [1.165, 1.54) is 12.8 Å². The Balaban J connectivity index is 1.91. The lowest BCUT2D eigenvalue weighted by atomic mass is 10.2. The van der Waals surface area contributed by atoms with Crippen molar-refractivity contribution in [1.29, 1.82) is 0 Å². The van der Waals surface area contributed by atoms with Crippen molar-refractivity contribution in [1.82, 2.24) is 5.32 Å². The van der Waals surface area contributed by atoms with Crippen molar-refractivity contribution in [3.05, 3.63) is 23.2 Å². The summed E-state index contributed by atoms with van der Waals surface area (Å²) in [7, 11) is 0. The zero-order valence-corrected chi connectivity index (χ0v) is 13.5. The average Bonchev–Trinajstić information content (AvgIpc) is 2.47. The second-order valence-corrected chi connectivity index (χ2v) is 5.79. The summed E-state index contributed by atoms with van der Waals surface area (Å²) >= 11 is 5.98. The molecule has 0 radical (unpaired) electrons. The molecule has 22 heavy (non-hydrogen) atoms. The van der Waals surface area contributed by atoms with E-state index >= 15 is 0 Å². The Hall–Kier alpha value is -1.75. The van der Waals surface area contributed by atoms with Crippen LogP contribution in [0.5, 0.6) is 5.75 Å². The van der Waals surface area contributed by atoms with Gasteiger partial charge in [-0.15, -0.1) is 0 Å². The minimum atomic E-state index is -0.370. The maximum Gasteiger partial charge on any atom is 0.331 e. The van der Waals surface area contributed by atoms with Crippen LogP contribution in [0.15, 0.2) is 18.2 Å². The number of unbranched alkanes of at least 4 members (excludes halogenated alkanes) is 3. The van der Waals surface area contributed by atoms with Crippen LogP contribution in [0.1, 0.15) is 32.6 Å². The lowest BCUT2D eigenvalue weighted by molar-refractivity contribution is -0.133. The molecule has 0 aromatic heterocycles. The minimum Gasteiger partial charge on any atom is -0.423 e. The molecule has 1 aliphatic rings. The minimum absolute atomic E-state index is 0.0522. The van der Waals surface area contributed by atoms with E-state index in [2.05, 4.69) is 12.2 Å². The molecule has 1 N–H and O–H groups in total. The molecule has 0 saturated heterocycles. The molecular weight excluding hydrogens is 304 g/mol. The number of rotatable bonds is 7. The number of hydrogen-bond donors (Lipinski definition) is 1. The fourth-order valence-corrected chi connectivity index (χ4v) is 2.54. The van der Waals surface area contributed by atoms with Gasteiger partial charge in [0.1, 0.15) is 6.54 Å². The molecule has 0 atom stereocenters. The molecule has 1 aromatic carbocycles. The third-order valence-corrected chi connectivity index (χ3v) is 3.73. The average molecular weight is 325 g/mol. The topological polar surface area (TPSA) is 58.6 Å². The summed E-state index contributed by atoms with van der Waals surface area (Å²) in [4.78, 5) is 25.3. The van der Waals surface area contributed by atoms with E-state index in [0.717, 1.165) is 12.8 Å². The molecule has 0 bridgehead atoms. The Bertz CT molecular complexity index is 548. The Labute approximate surface area is 135 Å². The molecular formula is C16H21ClN2O3. The quantitative estimate of drug-likeness (QED) is 0.476. The summed E-state index contributed by atoms with van der Waals surface area (Å²) in [6.45, 7) is 2.99. The zero-order chi connectivity index (χ0) is 15.9. The number of nitrogens with one attached hydrogen (secondary N) is 1. The highest BCUT2D eigenvalue weighted by atomic mass is 35.5. The Morgan fingerprint density at radius 3 is 2.95 bits per heavy atom. The van der Waals surface area contributed by atoms with E-state index in [1.54, 1.807) is 23.1 Å². The molecule has 5 nitrogen and oxygen atoms in total. The lowest BCUT2D eigenvalue weighted by Gasteiger charge is -2.29. The number of anilines is 1. The largest absolute Gasteiger partial charge is 0.423 e. The fourth-order valence-electron chi connectivity index (χ4n) is 2.37. The van der Waals surface area contributed by atoms with Crippen LogP contribution < -0.4 is 15.0 Å². The molecule has 0 unspecified atom stereocenters. The smallest absolute Gasteiger partial charge is 0.331 e.